The molecule has 0 unspecified atom stereocenters. The van der Waals surface area contributed by atoms with E-state index in [0.29, 0.717) is 5.75 Å². The number of hydrogen-bond acceptors (Lipinski definition) is 1. The fourth-order valence-electron chi connectivity index (χ4n) is 2.55. The first-order valence-corrected chi connectivity index (χ1v) is 6.94. The van der Waals surface area contributed by atoms with Crippen molar-refractivity contribution >= 4 is 10.8 Å². The van der Waals surface area contributed by atoms with E-state index in [9.17, 15) is 5.11 Å². The van der Waals surface area contributed by atoms with Crippen molar-refractivity contribution in [3.05, 3.63) is 41.5 Å². The summed E-state index contributed by atoms with van der Waals surface area (Å²) in [6.07, 6.45) is 5.95. The Morgan fingerprint density at radius 2 is 1.83 bits per heavy atom. The number of benzene rings is 2. The van der Waals surface area contributed by atoms with Gasteiger partial charge in [-0.1, -0.05) is 56.5 Å². The van der Waals surface area contributed by atoms with Gasteiger partial charge in [-0.15, -0.1) is 0 Å². The van der Waals surface area contributed by atoms with Crippen LogP contribution in [0.25, 0.3) is 10.8 Å². The minimum atomic E-state index is 0.488. The van der Waals surface area contributed by atoms with Crippen LogP contribution in [0, 0.1) is 6.92 Å². The molecule has 0 spiro atoms. The van der Waals surface area contributed by atoms with Crippen molar-refractivity contribution in [2.24, 2.45) is 0 Å². The number of phenolic OH excluding ortho intramolecular Hbond substituents is 1. The number of aryl methyl sites for hydroxylation is 1. The summed E-state index contributed by atoms with van der Waals surface area (Å²) in [4.78, 5) is 0. The van der Waals surface area contributed by atoms with Crippen molar-refractivity contribution in [1.82, 2.24) is 0 Å². The molecular formula is C17H22O. The van der Waals surface area contributed by atoms with Gasteiger partial charge in [0.15, 0.2) is 0 Å². The van der Waals surface area contributed by atoms with Gasteiger partial charge in [0.2, 0.25) is 0 Å². The average Bonchev–Trinajstić information content (AvgIpc) is 2.38. The van der Waals surface area contributed by atoms with Crippen molar-refractivity contribution in [3.63, 3.8) is 0 Å². The zero-order chi connectivity index (χ0) is 13.0. The summed E-state index contributed by atoms with van der Waals surface area (Å²) in [6, 6.07) is 10.2. The number of phenols is 1. The quantitative estimate of drug-likeness (QED) is 0.733. The maximum absolute atomic E-state index is 10.4. The molecule has 0 aliphatic rings. The molecule has 2 aromatic carbocycles. The third-order valence-corrected chi connectivity index (χ3v) is 3.63. The van der Waals surface area contributed by atoms with Crippen LogP contribution in [0.2, 0.25) is 0 Å². The van der Waals surface area contributed by atoms with Crippen LogP contribution < -0.4 is 0 Å². The summed E-state index contributed by atoms with van der Waals surface area (Å²) in [7, 11) is 0. The number of rotatable bonds is 5. The molecular weight excluding hydrogens is 220 g/mol. The minimum absolute atomic E-state index is 0.488. The van der Waals surface area contributed by atoms with Crippen LogP contribution in [0.1, 0.15) is 43.7 Å². The second kappa shape index (κ2) is 5.90. The predicted octanol–water partition coefficient (Wildman–Crippen LogP) is 4.98. The fraction of sp³-hybridized carbons (Fsp3) is 0.412. The normalized spacial score (nSPS) is 11.0. The SMILES string of the molecule is CCCCCCc1c(C)cc2ccccc2c1O. The molecule has 2 aromatic rings. The lowest BCUT2D eigenvalue weighted by Crippen LogP contribution is -1.92. The van der Waals surface area contributed by atoms with Crippen LogP contribution in [0.15, 0.2) is 30.3 Å². The van der Waals surface area contributed by atoms with Crippen molar-refractivity contribution in [2.45, 2.75) is 46.0 Å². The van der Waals surface area contributed by atoms with Gasteiger partial charge in [0.25, 0.3) is 0 Å². The fourth-order valence-corrected chi connectivity index (χ4v) is 2.55. The maximum Gasteiger partial charge on any atom is 0.126 e. The Labute approximate surface area is 109 Å². The van der Waals surface area contributed by atoms with Gasteiger partial charge in [0, 0.05) is 5.39 Å². The molecule has 18 heavy (non-hydrogen) atoms. The standard InChI is InChI=1S/C17H22O/c1-3-4-5-6-10-15-13(2)12-14-9-7-8-11-16(14)17(15)18/h7-9,11-12,18H,3-6,10H2,1-2H3. The number of hydrogen-bond donors (Lipinski definition) is 1. The smallest absolute Gasteiger partial charge is 0.126 e. The van der Waals surface area contributed by atoms with E-state index in [2.05, 4.69) is 26.0 Å². The van der Waals surface area contributed by atoms with E-state index in [1.54, 1.807) is 0 Å². The lowest BCUT2D eigenvalue weighted by atomic mass is 9.96. The first-order valence-electron chi connectivity index (χ1n) is 6.94. The number of unbranched alkanes of at least 4 members (excludes halogenated alkanes) is 3. The van der Waals surface area contributed by atoms with E-state index in [-0.39, 0.29) is 0 Å². The van der Waals surface area contributed by atoms with Gasteiger partial charge < -0.3 is 5.11 Å². The van der Waals surface area contributed by atoms with E-state index >= 15 is 0 Å². The summed E-state index contributed by atoms with van der Waals surface area (Å²) in [5.74, 6) is 0.488. The van der Waals surface area contributed by atoms with Crippen molar-refractivity contribution in [1.29, 1.82) is 0 Å². The Morgan fingerprint density at radius 3 is 2.61 bits per heavy atom. The Morgan fingerprint density at radius 1 is 1.06 bits per heavy atom. The molecule has 0 saturated heterocycles. The molecule has 1 N–H and O–H groups in total. The predicted molar refractivity (Wildman–Crippen MR) is 78.2 cm³/mol. The third-order valence-electron chi connectivity index (χ3n) is 3.63. The number of aromatic hydroxyl groups is 1. The zero-order valence-corrected chi connectivity index (χ0v) is 11.4. The van der Waals surface area contributed by atoms with Crippen LogP contribution >= 0.6 is 0 Å². The molecule has 0 bridgehead atoms. The van der Waals surface area contributed by atoms with Gasteiger partial charge in [-0.05, 0) is 36.3 Å². The van der Waals surface area contributed by atoms with Gasteiger partial charge in [0.05, 0.1) is 0 Å². The van der Waals surface area contributed by atoms with Gasteiger partial charge in [-0.3, -0.25) is 0 Å². The largest absolute Gasteiger partial charge is 0.507 e. The molecule has 0 atom stereocenters. The van der Waals surface area contributed by atoms with Gasteiger partial charge >= 0.3 is 0 Å². The molecule has 0 heterocycles. The minimum Gasteiger partial charge on any atom is -0.507 e. The lowest BCUT2D eigenvalue weighted by Gasteiger charge is -2.11. The molecule has 2 rings (SSSR count). The highest BCUT2D eigenvalue weighted by molar-refractivity contribution is 5.90. The van der Waals surface area contributed by atoms with E-state index in [1.807, 2.05) is 18.2 Å². The summed E-state index contributed by atoms with van der Waals surface area (Å²) >= 11 is 0. The first-order chi connectivity index (χ1) is 8.74. The molecule has 0 radical (unpaired) electrons. The second-order valence-corrected chi connectivity index (χ2v) is 5.05. The highest BCUT2D eigenvalue weighted by Gasteiger charge is 2.09. The number of fused-ring (bicyclic) bond motifs is 1. The summed E-state index contributed by atoms with van der Waals surface area (Å²) in [5, 5.41) is 12.5. The Bertz CT molecular complexity index is 528. The molecule has 0 saturated carbocycles. The molecule has 1 nitrogen and oxygen atoms in total. The Balaban J connectivity index is 2.27. The van der Waals surface area contributed by atoms with Crippen LogP contribution in [0.3, 0.4) is 0 Å². The topological polar surface area (TPSA) is 20.2 Å². The van der Waals surface area contributed by atoms with Crippen molar-refractivity contribution in [3.8, 4) is 5.75 Å². The van der Waals surface area contributed by atoms with Crippen LogP contribution in [0.5, 0.6) is 5.75 Å². The van der Waals surface area contributed by atoms with E-state index in [1.165, 1.54) is 31.2 Å². The lowest BCUT2D eigenvalue weighted by molar-refractivity contribution is 0.472. The van der Waals surface area contributed by atoms with Gasteiger partial charge in [-0.25, -0.2) is 0 Å². The highest BCUT2D eigenvalue weighted by Crippen LogP contribution is 2.32. The van der Waals surface area contributed by atoms with E-state index in [0.717, 1.165) is 22.8 Å². The molecule has 0 aromatic heterocycles. The van der Waals surface area contributed by atoms with Gasteiger partial charge in [0.1, 0.15) is 5.75 Å². The molecule has 96 valence electrons. The van der Waals surface area contributed by atoms with Crippen LogP contribution in [-0.4, -0.2) is 5.11 Å². The van der Waals surface area contributed by atoms with Crippen molar-refractivity contribution in [2.75, 3.05) is 0 Å². The maximum atomic E-state index is 10.4. The average molecular weight is 242 g/mol. The summed E-state index contributed by atoms with van der Waals surface area (Å²) < 4.78 is 0. The Hall–Kier alpha value is -1.50. The van der Waals surface area contributed by atoms with Crippen molar-refractivity contribution < 1.29 is 5.11 Å². The summed E-state index contributed by atoms with van der Waals surface area (Å²) in [5.41, 5.74) is 2.34. The molecule has 0 aliphatic heterocycles. The monoisotopic (exact) mass is 242 g/mol. The third kappa shape index (κ3) is 2.66. The van der Waals surface area contributed by atoms with Crippen LogP contribution in [0.4, 0.5) is 0 Å². The van der Waals surface area contributed by atoms with Gasteiger partial charge in [-0.2, -0.15) is 0 Å². The molecule has 1 heteroatoms. The highest BCUT2D eigenvalue weighted by atomic mass is 16.3. The molecule has 0 aliphatic carbocycles. The molecule has 0 fully saturated rings. The van der Waals surface area contributed by atoms with E-state index in [4.69, 9.17) is 0 Å². The molecule has 0 amide bonds. The van der Waals surface area contributed by atoms with Crippen LogP contribution in [-0.2, 0) is 6.42 Å². The Kier molecular flexibility index (Phi) is 4.24. The van der Waals surface area contributed by atoms with E-state index < -0.39 is 0 Å². The summed E-state index contributed by atoms with van der Waals surface area (Å²) in [6.45, 7) is 4.32. The first kappa shape index (κ1) is 12.9. The second-order valence-electron chi connectivity index (χ2n) is 5.05. The zero-order valence-electron chi connectivity index (χ0n) is 11.4.